The van der Waals surface area contributed by atoms with Gasteiger partial charge in [0.2, 0.25) is 5.91 Å². The highest BCUT2D eigenvalue weighted by Gasteiger charge is 2.27. The number of amides is 2. The van der Waals surface area contributed by atoms with Crippen molar-refractivity contribution in [2.24, 2.45) is 14.1 Å². The number of nitrogens with one attached hydrogen (secondary N) is 2. The Morgan fingerprint density at radius 1 is 1.11 bits per heavy atom. The summed E-state index contributed by atoms with van der Waals surface area (Å²) in [6.07, 6.45) is 3.17. The predicted molar refractivity (Wildman–Crippen MR) is 144 cm³/mol. The van der Waals surface area contributed by atoms with Crippen molar-refractivity contribution in [3.05, 3.63) is 47.3 Å². The lowest BCUT2D eigenvalue weighted by molar-refractivity contribution is -0.716. The van der Waals surface area contributed by atoms with Crippen LogP contribution in [0.2, 0.25) is 0 Å². The third kappa shape index (κ3) is 9.51. The first-order valence-corrected chi connectivity index (χ1v) is 13.8. The molecule has 0 aliphatic carbocycles. The van der Waals surface area contributed by atoms with E-state index in [2.05, 4.69) is 33.6 Å². The Bertz CT molecular complexity index is 1070. The van der Waals surface area contributed by atoms with Crippen LogP contribution in [0.1, 0.15) is 56.5 Å². The number of imidazole rings is 1. The summed E-state index contributed by atoms with van der Waals surface area (Å²) in [5.74, 6) is -1.82. The molecule has 0 aliphatic rings. The van der Waals surface area contributed by atoms with Gasteiger partial charge in [-0.2, -0.15) is 0 Å². The number of hydrogen-bond acceptors (Lipinski definition) is 6. The summed E-state index contributed by atoms with van der Waals surface area (Å²) in [7, 11) is 4.02. The van der Waals surface area contributed by atoms with E-state index < -0.39 is 30.6 Å². The van der Waals surface area contributed by atoms with Crippen molar-refractivity contribution in [1.29, 1.82) is 0 Å². The van der Waals surface area contributed by atoms with Gasteiger partial charge in [-0.3, -0.25) is 9.59 Å². The SMILES string of the molecule is CCCc1c(CCC)[n+](C)c(SCC(=O)CC[C@H](NC(=O)CNC(=O)OCc2ccccc2)C(=O)O)n1C. The van der Waals surface area contributed by atoms with Crippen LogP contribution in [0.5, 0.6) is 0 Å². The number of aliphatic carboxylic acids is 1. The Kier molecular flexibility index (Phi) is 12.8. The third-order valence-corrected chi connectivity index (χ3v) is 7.28. The minimum atomic E-state index is -1.24. The van der Waals surface area contributed by atoms with E-state index in [1.54, 1.807) is 12.1 Å². The number of carbonyl (C=O) groups is 4. The summed E-state index contributed by atoms with van der Waals surface area (Å²) >= 11 is 1.44. The van der Waals surface area contributed by atoms with Gasteiger partial charge in [0.15, 0.2) is 0 Å². The minimum absolute atomic E-state index is 0.00850. The molecule has 0 bridgehead atoms. The van der Waals surface area contributed by atoms with Crippen molar-refractivity contribution in [2.75, 3.05) is 12.3 Å². The highest BCUT2D eigenvalue weighted by molar-refractivity contribution is 7.99. The van der Waals surface area contributed by atoms with Crippen molar-refractivity contribution in [2.45, 2.75) is 70.2 Å². The van der Waals surface area contributed by atoms with Crippen LogP contribution in [0.15, 0.2) is 35.5 Å². The second kappa shape index (κ2) is 15.8. The molecule has 0 unspecified atom stereocenters. The molecule has 11 heteroatoms. The van der Waals surface area contributed by atoms with Gasteiger partial charge >= 0.3 is 17.2 Å². The number of ketones is 1. The molecule has 1 aromatic heterocycles. The summed E-state index contributed by atoms with van der Waals surface area (Å²) in [6, 6.07) is 7.82. The Balaban J connectivity index is 1.81. The molecule has 1 aromatic carbocycles. The molecule has 1 atom stereocenters. The lowest BCUT2D eigenvalue weighted by Gasteiger charge is -2.14. The van der Waals surface area contributed by atoms with Crippen molar-refractivity contribution in [3.63, 3.8) is 0 Å². The van der Waals surface area contributed by atoms with Gasteiger partial charge in [0.1, 0.15) is 36.4 Å². The van der Waals surface area contributed by atoms with Crippen LogP contribution < -0.4 is 15.2 Å². The van der Waals surface area contributed by atoms with E-state index in [1.165, 1.54) is 23.1 Å². The molecule has 0 radical (unpaired) electrons. The number of thioether (sulfide) groups is 1. The average molecular weight is 548 g/mol. The molecule has 2 rings (SSSR count). The van der Waals surface area contributed by atoms with Gasteiger partial charge in [-0.25, -0.2) is 18.7 Å². The standard InChI is InChI=1S/C27H38N4O6S/c1-5-10-22-23(11-6-2)31(4)27(30(22)3)38-18-20(32)14-15-21(25(34)35)29-24(33)16-28-26(36)37-17-19-12-8-7-9-13-19/h7-9,12-13,21H,5-6,10-11,14-18H2,1-4H3,(H2-,28,29,33,34,35,36)/p+1/t21-/m0/s1. The zero-order valence-electron chi connectivity index (χ0n) is 22.6. The molecule has 0 spiro atoms. The van der Waals surface area contributed by atoms with Crippen LogP contribution in [0.25, 0.3) is 0 Å². The zero-order valence-corrected chi connectivity index (χ0v) is 23.4. The van der Waals surface area contributed by atoms with Gasteiger partial charge in [0.05, 0.1) is 19.8 Å². The molecule has 38 heavy (non-hydrogen) atoms. The molecular formula is C27H39N4O6S+. The molecule has 0 aliphatic heterocycles. The van der Waals surface area contributed by atoms with Crippen molar-refractivity contribution < 1.29 is 33.6 Å². The first-order valence-electron chi connectivity index (χ1n) is 12.8. The monoisotopic (exact) mass is 547 g/mol. The molecule has 0 saturated carbocycles. The second-order valence-electron chi connectivity index (χ2n) is 9.03. The summed E-state index contributed by atoms with van der Waals surface area (Å²) in [5, 5.41) is 15.1. The van der Waals surface area contributed by atoms with E-state index in [0.717, 1.165) is 36.4 Å². The molecule has 2 amide bonds. The van der Waals surface area contributed by atoms with Gasteiger partial charge in [-0.05, 0) is 36.6 Å². The normalized spacial score (nSPS) is 11.6. The molecular weight excluding hydrogens is 508 g/mol. The Labute approximate surface area is 228 Å². The number of alkyl carbamates (subject to hydrolysis) is 1. The number of ether oxygens (including phenoxy) is 1. The van der Waals surface area contributed by atoms with Crippen molar-refractivity contribution >= 4 is 35.5 Å². The number of carboxylic acids is 1. The molecule has 2 aromatic rings. The number of nitrogens with zero attached hydrogens (tertiary/aromatic N) is 2. The highest BCUT2D eigenvalue weighted by atomic mass is 32.2. The largest absolute Gasteiger partial charge is 0.480 e. The topological polar surface area (TPSA) is 131 Å². The van der Waals surface area contributed by atoms with Gasteiger partial charge in [-0.15, -0.1) is 0 Å². The van der Waals surface area contributed by atoms with Gasteiger partial charge in [-0.1, -0.05) is 44.2 Å². The summed E-state index contributed by atoms with van der Waals surface area (Å²) in [5.41, 5.74) is 3.35. The first kappa shape index (κ1) is 30.9. The second-order valence-corrected chi connectivity index (χ2v) is 9.98. The fraction of sp³-hybridized carbons (Fsp3) is 0.519. The molecule has 3 N–H and O–H groups in total. The third-order valence-electron chi connectivity index (χ3n) is 6.00. The zero-order chi connectivity index (χ0) is 28.1. The maximum absolute atomic E-state index is 12.6. The first-order chi connectivity index (χ1) is 18.2. The van der Waals surface area contributed by atoms with E-state index in [0.29, 0.717) is 0 Å². The van der Waals surface area contributed by atoms with Gasteiger partial charge in [0, 0.05) is 19.3 Å². The van der Waals surface area contributed by atoms with E-state index >= 15 is 0 Å². The number of benzene rings is 1. The molecule has 208 valence electrons. The van der Waals surface area contributed by atoms with E-state index in [1.807, 2.05) is 32.3 Å². The summed E-state index contributed by atoms with van der Waals surface area (Å²) < 4.78 is 9.32. The number of hydrogen-bond donors (Lipinski definition) is 3. The fourth-order valence-corrected chi connectivity index (χ4v) is 5.13. The number of rotatable bonds is 16. The maximum Gasteiger partial charge on any atom is 0.407 e. The highest BCUT2D eigenvalue weighted by Crippen LogP contribution is 2.21. The molecule has 0 fully saturated rings. The molecule has 0 saturated heterocycles. The minimum Gasteiger partial charge on any atom is -0.480 e. The Morgan fingerprint density at radius 2 is 1.79 bits per heavy atom. The smallest absolute Gasteiger partial charge is 0.407 e. The van der Waals surface area contributed by atoms with E-state index in [4.69, 9.17) is 4.74 Å². The Morgan fingerprint density at radius 3 is 2.42 bits per heavy atom. The van der Waals surface area contributed by atoms with Gasteiger partial charge in [0.25, 0.3) is 0 Å². The molecule has 1 heterocycles. The van der Waals surface area contributed by atoms with Crippen molar-refractivity contribution in [1.82, 2.24) is 15.2 Å². The van der Waals surface area contributed by atoms with Gasteiger partial charge < -0.3 is 20.5 Å². The van der Waals surface area contributed by atoms with Crippen LogP contribution in [0.3, 0.4) is 0 Å². The maximum atomic E-state index is 12.6. The number of carboxylic acid groups (broad SMARTS) is 1. The number of carbonyl (C=O) groups excluding carboxylic acids is 3. The van der Waals surface area contributed by atoms with Crippen LogP contribution in [-0.4, -0.2) is 51.8 Å². The van der Waals surface area contributed by atoms with Crippen LogP contribution in [0, 0.1) is 0 Å². The van der Waals surface area contributed by atoms with E-state index in [9.17, 15) is 24.3 Å². The Hall–Kier alpha value is -3.34. The van der Waals surface area contributed by atoms with Crippen LogP contribution in [0.4, 0.5) is 4.79 Å². The fourth-order valence-electron chi connectivity index (χ4n) is 4.09. The van der Waals surface area contributed by atoms with Crippen LogP contribution in [-0.2, 0) is 52.7 Å². The number of Topliss-reactive ketones (excluding diaryl/α,β-unsaturated/α-hetero) is 1. The average Bonchev–Trinajstić information content (AvgIpc) is 3.11. The lowest BCUT2D eigenvalue weighted by Crippen LogP contribution is -2.45. The summed E-state index contributed by atoms with van der Waals surface area (Å²) in [4.78, 5) is 48.2. The molecule has 10 nitrogen and oxygen atoms in total. The predicted octanol–water partition coefficient (Wildman–Crippen LogP) is 2.69. The van der Waals surface area contributed by atoms with E-state index in [-0.39, 0.29) is 31.0 Å². The van der Waals surface area contributed by atoms with Crippen molar-refractivity contribution in [3.8, 4) is 0 Å². The lowest BCUT2D eigenvalue weighted by atomic mass is 10.1. The quantitative estimate of drug-likeness (QED) is 0.218. The summed E-state index contributed by atoms with van der Waals surface area (Å²) in [6.45, 7) is 3.90. The number of aromatic nitrogens is 2. The van der Waals surface area contributed by atoms with Crippen LogP contribution >= 0.6 is 11.8 Å².